The second-order valence-corrected chi connectivity index (χ2v) is 5.44. The van der Waals surface area contributed by atoms with E-state index in [0.717, 1.165) is 12.8 Å². The van der Waals surface area contributed by atoms with Crippen LogP contribution >= 0.6 is 15.9 Å². The second kappa shape index (κ2) is 6.83. The van der Waals surface area contributed by atoms with Gasteiger partial charge >= 0.3 is 5.97 Å². The van der Waals surface area contributed by atoms with Crippen molar-refractivity contribution in [1.82, 2.24) is 9.88 Å². The van der Waals surface area contributed by atoms with Crippen LogP contribution in [-0.2, 0) is 9.53 Å². The normalized spacial score (nSPS) is 18.7. The maximum Gasteiger partial charge on any atom is 0.310 e. The van der Waals surface area contributed by atoms with Crippen LogP contribution in [0.2, 0.25) is 0 Å². The van der Waals surface area contributed by atoms with Crippen molar-refractivity contribution in [1.29, 1.82) is 0 Å². The average Bonchev–Trinajstić information content (AvgIpc) is 2.47. The fraction of sp³-hybridized carbons (Fsp3) is 0.500. The minimum atomic E-state index is -0.219. The lowest BCUT2D eigenvalue weighted by Crippen LogP contribution is -2.43. The zero-order valence-electron chi connectivity index (χ0n) is 11.3. The first-order chi connectivity index (χ1) is 9.63. The first kappa shape index (κ1) is 15.0. The van der Waals surface area contributed by atoms with Crippen molar-refractivity contribution in [3.8, 4) is 0 Å². The van der Waals surface area contributed by atoms with E-state index >= 15 is 0 Å². The molecule has 0 N–H and O–H groups in total. The SMILES string of the molecule is CCOC(=O)[C@@H]1CCCN(C(=O)c2cccnc2Br)C1. The van der Waals surface area contributed by atoms with Crippen LogP contribution in [0.4, 0.5) is 0 Å². The molecule has 1 aromatic rings. The standard InChI is InChI=1S/C14H17BrN2O3/c1-2-20-14(19)10-5-4-8-17(9-10)13(18)11-6-3-7-16-12(11)15/h3,6-7,10H,2,4-5,8-9H2,1H3/t10-/m1/s1. The average molecular weight is 341 g/mol. The fourth-order valence-corrected chi connectivity index (χ4v) is 2.75. The number of piperidine rings is 1. The number of carbonyl (C=O) groups excluding carboxylic acids is 2. The Hall–Kier alpha value is -1.43. The zero-order chi connectivity index (χ0) is 14.5. The molecule has 20 heavy (non-hydrogen) atoms. The Bertz CT molecular complexity index is 507. The van der Waals surface area contributed by atoms with E-state index < -0.39 is 0 Å². The van der Waals surface area contributed by atoms with Gasteiger partial charge in [-0.3, -0.25) is 9.59 Å². The summed E-state index contributed by atoms with van der Waals surface area (Å²) in [6, 6.07) is 3.46. The lowest BCUT2D eigenvalue weighted by atomic mass is 9.97. The monoisotopic (exact) mass is 340 g/mol. The smallest absolute Gasteiger partial charge is 0.310 e. The van der Waals surface area contributed by atoms with Crippen LogP contribution in [0.1, 0.15) is 30.1 Å². The third-order valence-corrected chi connectivity index (χ3v) is 3.95. The van der Waals surface area contributed by atoms with Crippen LogP contribution in [0.15, 0.2) is 22.9 Å². The number of amides is 1. The van der Waals surface area contributed by atoms with Crippen LogP contribution in [0.5, 0.6) is 0 Å². The summed E-state index contributed by atoms with van der Waals surface area (Å²) in [5, 5.41) is 0. The number of hydrogen-bond donors (Lipinski definition) is 0. The van der Waals surface area contributed by atoms with Gasteiger partial charge in [-0.05, 0) is 47.8 Å². The molecule has 0 radical (unpaired) electrons. The molecule has 0 spiro atoms. The minimum Gasteiger partial charge on any atom is -0.466 e. The highest BCUT2D eigenvalue weighted by Gasteiger charge is 2.30. The van der Waals surface area contributed by atoms with Crippen LogP contribution < -0.4 is 0 Å². The van der Waals surface area contributed by atoms with Gasteiger partial charge in [-0.15, -0.1) is 0 Å². The number of carbonyl (C=O) groups is 2. The summed E-state index contributed by atoms with van der Waals surface area (Å²) in [6.07, 6.45) is 3.21. The van der Waals surface area contributed by atoms with Crippen molar-refractivity contribution in [2.45, 2.75) is 19.8 Å². The van der Waals surface area contributed by atoms with E-state index in [1.54, 1.807) is 30.2 Å². The molecule has 6 heteroatoms. The summed E-state index contributed by atoms with van der Waals surface area (Å²) in [6.45, 7) is 3.24. The summed E-state index contributed by atoms with van der Waals surface area (Å²) in [7, 11) is 0. The van der Waals surface area contributed by atoms with Gasteiger partial charge in [0, 0.05) is 19.3 Å². The first-order valence-electron chi connectivity index (χ1n) is 6.70. The highest BCUT2D eigenvalue weighted by atomic mass is 79.9. The lowest BCUT2D eigenvalue weighted by Gasteiger charge is -2.31. The van der Waals surface area contributed by atoms with Crippen molar-refractivity contribution < 1.29 is 14.3 Å². The van der Waals surface area contributed by atoms with Gasteiger partial charge in [-0.1, -0.05) is 0 Å². The molecule has 2 rings (SSSR count). The highest BCUT2D eigenvalue weighted by molar-refractivity contribution is 9.10. The van der Waals surface area contributed by atoms with Crippen LogP contribution in [0.3, 0.4) is 0 Å². The Balaban J connectivity index is 2.07. The van der Waals surface area contributed by atoms with Crippen molar-refractivity contribution in [3.05, 3.63) is 28.5 Å². The van der Waals surface area contributed by atoms with Gasteiger partial charge in [0.1, 0.15) is 4.60 Å². The number of likely N-dealkylation sites (tertiary alicyclic amines) is 1. The van der Waals surface area contributed by atoms with Crippen molar-refractivity contribution >= 4 is 27.8 Å². The summed E-state index contributed by atoms with van der Waals surface area (Å²) in [5.41, 5.74) is 0.525. The van der Waals surface area contributed by atoms with E-state index in [9.17, 15) is 9.59 Å². The van der Waals surface area contributed by atoms with Crippen molar-refractivity contribution in [2.75, 3.05) is 19.7 Å². The van der Waals surface area contributed by atoms with E-state index in [4.69, 9.17) is 4.74 Å². The van der Waals surface area contributed by atoms with Crippen LogP contribution in [0.25, 0.3) is 0 Å². The molecule has 1 amide bonds. The van der Waals surface area contributed by atoms with Crippen molar-refractivity contribution in [2.24, 2.45) is 5.92 Å². The first-order valence-corrected chi connectivity index (χ1v) is 7.49. The quantitative estimate of drug-likeness (QED) is 0.625. The number of rotatable bonds is 3. The van der Waals surface area contributed by atoms with E-state index in [-0.39, 0.29) is 17.8 Å². The molecule has 1 atom stereocenters. The third kappa shape index (κ3) is 3.36. The topological polar surface area (TPSA) is 59.5 Å². The summed E-state index contributed by atoms with van der Waals surface area (Å²) < 4.78 is 5.57. The number of hydrogen-bond acceptors (Lipinski definition) is 4. The maximum absolute atomic E-state index is 12.5. The van der Waals surface area contributed by atoms with Crippen LogP contribution in [0, 0.1) is 5.92 Å². The van der Waals surface area contributed by atoms with Gasteiger partial charge in [0.15, 0.2) is 0 Å². The lowest BCUT2D eigenvalue weighted by molar-refractivity contribution is -0.149. The largest absolute Gasteiger partial charge is 0.466 e. The number of esters is 1. The van der Waals surface area contributed by atoms with Gasteiger partial charge in [0.05, 0.1) is 18.1 Å². The zero-order valence-corrected chi connectivity index (χ0v) is 12.9. The van der Waals surface area contributed by atoms with E-state index in [1.807, 2.05) is 0 Å². The predicted octanol–water partition coefficient (Wildman–Crippen LogP) is 2.26. The number of nitrogens with zero attached hydrogens (tertiary/aromatic N) is 2. The van der Waals surface area contributed by atoms with Gasteiger partial charge < -0.3 is 9.64 Å². The summed E-state index contributed by atoms with van der Waals surface area (Å²) >= 11 is 3.28. The number of halogens is 1. The van der Waals surface area contributed by atoms with E-state index in [0.29, 0.717) is 29.9 Å². The third-order valence-electron chi connectivity index (χ3n) is 3.32. The molecule has 1 saturated heterocycles. The molecule has 1 aromatic heterocycles. The number of aromatic nitrogens is 1. The highest BCUT2D eigenvalue weighted by Crippen LogP contribution is 2.22. The second-order valence-electron chi connectivity index (χ2n) is 4.68. The fourth-order valence-electron chi connectivity index (χ4n) is 2.33. The van der Waals surface area contributed by atoms with Gasteiger partial charge in [0.2, 0.25) is 0 Å². The molecule has 1 fully saturated rings. The summed E-state index contributed by atoms with van der Waals surface area (Å²) in [4.78, 5) is 30.0. The maximum atomic E-state index is 12.5. The molecule has 0 aliphatic carbocycles. The minimum absolute atomic E-state index is 0.0982. The van der Waals surface area contributed by atoms with E-state index in [2.05, 4.69) is 20.9 Å². The Labute approximate surface area is 126 Å². The predicted molar refractivity (Wildman–Crippen MR) is 77.2 cm³/mol. The molecular weight excluding hydrogens is 324 g/mol. The molecule has 0 saturated carbocycles. The van der Waals surface area contributed by atoms with Crippen molar-refractivity contribution in [3.63, 3.8) is 0 Å². The van der Waals surface area contributed by atoms with Gasteiger partial charge in [0.25, 0.3) is 5.91 Å². The molecule has 108 valence electrons. The van der Waals surface area contributed by atoms with E-state index in [1.165, 1.54) is 0 Å². The molecule has 0 aromatic carbocycles. The Morgan fingerprint density at radius 3 is 3.05 bits per heavy atom. The Morgan fingerprint density at radius 2 is 2.35 bits per heavy atom. The molecule has 1 aliphatic heterocycles. The summed E-state index contributed by atoms with van der Waals surface area (Å²) in [5.74, 6) is -0.530. The van der Waals surface area contributed by atoms with Gasteiger partial charge in [-0.25, -0.2) is 4.98 Å². The molecule has 0 unspecified atom stereocenters. The van der Waals surface area contributed by atoms with Crippen LogP contribution in [-0.4, -0.2) is 41.5 Å². The molecule has 1 aliphatic rings. The van der Waals surface area contributed by atoms with Gasteiger partial charge in [-0.2, -0.15) is 0 Å². The molecule has 5 nitrogen and oxygen atoms in total. The molecular formula is C14H17BrN2O3. The number of ether oxygens (including phenoxy) is 1. The Kier molecular flexibility index (Phi) is 5.11. The molecule has 2 heterocycles. The molecule has 0 bridgehead atoms. The Morgan fingerprint density at radius 1 is 1.55 bits per heavy atom. The number of pyridine rings is 1.